The first-order valence-electron chi connectivity index (χ1n) is 7.00. The molecule has 0 saturated heterocycles. The maximum Gasteiger partial charge on any atom is 0.236 e. The minimum Gasteiger partial charge on any atom is -0.360 e. The van der Waals surface area contributed by atoms with Crippen LogP contribution in [0.4, 0.5) is 5.82 Å². The van der Waals surface area contributed by atoms with E-state index in [0.717, 1.165) is 36.8 Å². The normalized spacial score (nSPS) is 14.5. The molecule has 0 bridgehead atoms. The Hall–Kier alpha value is -1.83. The summed E-state index contributed by atoms with van der Waals surface area (Å²) in [6.07, 6.45) is 4.50. The second-order valence-electron chi connectivity index (χ2n) is 5.02. The van der Waals surface area contributed by atoms with Crippen LogP contribution in [0.1, 0.15) is 30.8 Å². The van der Waals surface area contributed by atoms with Gasteiger partial charge in [-0.2, -0.15) is 0 Å². The zero-order chi connectivity index (χ0) is 14.7. The van der Waals surface area contributed by atoms with Crippen molar-refractivity contribution in [2.75, 3.05) is 11.1 Å². The van der Waals surface area contributed by atoms with E-state index in [9.17, 15) is 4.79 Å². The van der Waals surface area contributed by atoms with E-state index >= 15 is 0 Å². The zero-order valence-corrected chi connectivity index (χ0v) is 12.7. The maximum atomic E-state index is 11.9. The summed E-state index contributed by atoms with van der Waals surface area (Å²) >= 11 is 1.40. The Labute approximate surface area is 126 Å². The van der Waals surface area contributed by atoms with Gasteiger partial charge in [0.1, 0.15) is 11.6 Å². The summed E-state index contributed by atoms with van der Waals surface area (Å²) in [6, 6.07) is 1.69. The predicted octanol–water partition coefficient (Wildman–Crippen LogP) is 2.03. The number of anilines is 1. The van der Waals surface area contributed by atoms with Crippen LogP contribution in [0.3, 0.4) is 0 Å². The molecule has 0 saturated carbocycles. The van der Waals surface area contributed by atoms with Crippen molar-refractivity contribution in [3.05, 3.63) is 17.7 Å². The smallest absolute Gasteiger partial charge is 0.236 e. The number of rotatable bonds is 4. The Morgan fingerprint density at radius 2 is 2.33 bits per heavy atom. The van der Waals surface area contributed by atoms with Crippen LogP contribution >= 0.6 is 11.8 Å². The highest BCUT2D eigenvalue weighted by atomic mass is 32.2. The average molecular weight is 307 g/mol. The number of aromatic nitrogens is 4. The van der Waals surface area contributed by atoms with Crippen LogP contribution < -0.4 is 5.32 Å². The Balaban J connectivity index is 1.57. The first-order chi connectivity index (χ1) is 10.2. The van der Waals surface area contributed by atoms with E-state index in [0.29, 0.717) is 11.6 Å². The Morgan fingerprint density at radius 3 is 3.14 bits per heavy atom. The molecule has 0 aromatic carbocycles. The minimum atomic E-state index is -0.126. The number of aryl methyl sites for hydroxylation is 2. The van der Waals surface area contributed by atoms with E-state index < -0.39 is 0 Å². The molecule has 112 valence electrons. The van der Waals surface area contributed by atoms with Crippen molar-refractivity contribution in [1.82, 2.24) is 19.9 Å². The second-order valence-corrected chi connectivity index (χ2v) is 5.96. The predicted molar refractivity (Wildman–Crippen MR) is 78.2 cm³/mol. The lowest BCUT2D eigenvalue weighted by atomic mass is 10.2. The lowest BCUT2D eigenvalue weighted by Crippen LogP contribution is -2.15. The van der Waals surface area contributed by atoms with Gasteiger partial charge < -0.3 is 14.4 Å². The molecule has 21 heavy (non-hydrogen) atoms. The highest BCUT2D eigenvalue weighted by Crippen LogP contribution is 2.21. The number of carbonyl (C=O) groups excluding carboxylic acids is 1. The van der Waals surface area contributed by atoms with Crippen LogP contribution in [-0.4, -0.2) is 31.6 Å². The van der Waals surface area contributed by atoms with Gasteiger partial charge in [-0.1, -0.05) is 23.3 Å². The van der Waals surface area contributed by atoms with Gasteiger partial charge in [0.25, 0.3) is 0 Å². The van der Waals surface area contributed by atoms with Crippen LogP contribution in [0.2, 0.25) is 0 Å². The van der Waals surface area contributed by atoms with Crippen LogP contribution in [0.25, 0.3) is 0 Å². The number of nitrogens with zero attached hydrogens (tertiary/aromatic N) is 4. The molecule has 8 heteroatoms. The third-order valence-corrected chi connectivity index (χ3v) is 4.27. The molecule has 0 radical (unpaired) electrons. The molecular formula is C13H17N5O2S. The van der Waals surface area contributed by atoms with Gasteiger partial charge in [0, 0.05) is 19.0 Å². The largest absolute Gasteiger partial charge is 0.360 e. The molecule has 3 rings (SSSR count). The standard InChI is InChI=1S/C13H17N5O2S/c1-9-7-10(17-20-9)14-12(19)8-21-13-16-15-11-5-3-2-4-6-18(11)13/h7H,2-6,8H2,1H3,(H,14,17,19). The molecule has 0 aliphatic carbocycles. The van der Waals surface area contributed by atoms with Gasteiger partial charge in [-0.3, -0.25) is 4.79 Å². The number of fused-ring (bicyclic) bond motifs is 1. The fourth-order valence-electron chi connectivity index (χ4n) is 2.30. The second kappa shape index (κ2) is 6.30. The lowest BCUT2D eigenvalue weighted by Gasteiger charge is -2.06. The number of hydrogen-bond acceptors (Lipinski definition) is 6. The summed E-state index contributed by atoms with van der Waals surface area (Å²) in [4.78, 5) is 11.9. The van der Waals surface area contributed by atoms with Crippen LogP contribution in [-0.2, 0) is 17.8 Å². The molecule has 1 N–H and O–H groups in total. The summed E-state index contributed by atoms with van der Waals surface area (Å²) < 4.78 is 7.04. The fraction of sp³-hybridized carbons (Fsp3) is 0.538. The van der Waals surface area contributed by atoms with Crippen molar-refractivity contribution in [1.29, 1.82) is 0 Å². The zero-order valence-electron chi connectivity index (χ0n) is 11.8. The fourth-order valence-corrected chi connectivity index (χ4v) is 3.08. The summed E-state index contributed by atoms with van der Waals surface area (Å²) in [5.74, 6) is 2.30. The molecule has 1 aliphatic rings. The van der Waals surface area contributed by atoms with Gasteiger partial charge >= 0.3 is 0 Å². The minimum absolute atomic E-state index is 0.126. The molecular weight excluding hydrogens is 290 g/mol. The molecule has 2 aromatic heterocycles. The van der Waals surface area contributed by atoms with E-state index in [1.54, 1.807) is 13.0 Å². The van der Waals surface area contributed by atoms with Gasteiger partial charge in [-0.25, -0.2) is 0 Å². The number of carbonyl (C=O) groups is 1. The Morgan fingerprint density at radius 1 is 1.43 bits per heavy atom. The van der Waals surface area contributed by atoms with E-state index in [1.165, 1.54) is 18.2 Å². The van der Waals surface area contributed by atoms with Gasteiger partial charge in [-0.05, 0) is 19.8 Å². The summed E-state index contributed by atoms with van der Waals surface area (Å²) in [5.41, 5.74) is 0. The SMILES string of the molecule is Cc1cc(NC(=O)CSc2nnc3n2CCCCC3)no1. The van der Waals surface area contributed by atoms with E-state index in [4.69, 9.17) is 4.52 Å². The molecule has 3 heterocycles. The van der Waals surface area contributed by atoms with Crippen molar-refractivity contribution >= 4 is 23.5 Å². The number of nitrogens with one attached hydrogen (secondary N) is 1. The highest BCUT2D eigenvalue weighted by molar-refractivity contribution is 7.99. The van der Waals surface area contributed by atoms with Crippen LogP contribution in [0.15, 0.2) is 15.7 Å². The number of hydrogen-bond donors (Lipinski definition) is 1. The van der Waals surface area contributed by atoms with Gasteiger partial charge in [0.05, 0.1) is 5.75 Å². The maximum absolute atomic E-state index is 11.9. The third kappa shape index (κ3) is 3.44. The third-order valence-electron chi connectivity index (χ3n) is 3.30. The summed E-state index contributed by atoms with van der Waals surface area (Å²) in [7, 11) is 0. The highest BCUT2D eigenvalue weighted by Gasteiger charge is 2.16. The quantitative estimate of drug-likeness (QED) is 0.870. The molecule has 1 amide bonds. The molecule has 0 atom stereocenters. The van der Waals surface area contributed by atoms with Crippen LogP contribution in [0.5, 0.6) is 0 Å². The summed E-state index contributed by atoms with van der Waals surface area (Å²) in [5, 5.41) is 15.6. The summed E-state index contributed by atoms with van der Waals surface area (Å²) in [6.45, 7) is 2.72. The van der Waals surface area contributed by atoms with E-state index in [-0.39, 0.29) is 11.7 Å². The van der Waals surface area contributed by atoms with Gasteiger partial charge in [0.2, 0.25) is 5.91 Å². The first kappa shape index (κ1) is 14.1. The average Bonchev–Trinajstić information content (AvgIpc) is 2.96. The van der Waals surface area contributed by atoms with Gasteiger partial charge in [-0.15, -0.1) is 10.2 Å². The van der Waals surface area contributed by atoms with Gasteiger partial charge in [0.15, 0.2) is 11.0 Å². The molecule has 0 fully saturated rings. The molecule has 7 nitrogen and oxygen atoms in total. The van der Waals surface area contributed by atoms with Crippen molar-refractivity contribution < 1.29 is 9.32 Å². The molecule has 0 spiro atoms. The Bertz CT molecular complexity index is 636. The van der Waals surface area contributed by atoms with E-state index in [2.05, 4.69) is 25.2 Å². The monoisotopic (exact) mass is 307 g/mol. The molecule has 1 aliphatic heterocycles. The van der Waals surface area contributed by atoms with Crippen molar-refractivity contribution in [2.24, 2.45) is 0 Å². The van der Waals surface area contributed by atoms with Crippen molar-refractivity contribution in [3.8, 4) is 0 Å². The van der Waals surface area contributed by atoms with E-state index in [1.807, 2.05) is 0 Å². The lowest BCUT2D eigenvalue weighted by molar-refractivity contribution is -0.113. The number of amides is 1. The first-order valence-corrected chi connectivity index (χ1v) is 7.99. The van der Waals surface area contributed by atoms with Crippen LogP contribution in [0, 0.1) is 6.92 Å². The number of thioether (sulfide) groups is 1. The molecule has 0 unspecified atom stereocenters. The topological polar surface area (TPSA) is 85.8 Å². The molecule has 2 aromatic rings. The van der Waals surface area contributed by atoms with Crippen molar-refractivity contribution in [3.63, 3.8) is 0 Å². The van der Waals surface area contributed by atoms with Crippen molar-refractivity contribution in [2.45, 2.75) is 44.3 Å². The Kier molecular flexibility index (Phi) is 4.23.